The Morgan fingerprint density at radius 1 is 0.872 bits per heavy atom. The Morgan fingerprint density at radius 2 is 1.49 bits per heavy atom. The predicted molar refractivity (Wildman–Crippen MR) is 182 cm³/mol. The number of unbranched alkanes of at least 4 members (excludes halogenated alkanes) is 10. The normalized spacial score (nSPS) is 12.6. The highest BCUT2D eigenvalue weighted by atomic mass is 31.2. The molecule has 2 rings (SSSR count). The Kier molecular flexibility index (Phi) is 19.3. The minimum Gasteiger partial charge on any atom is -0.487 e. The van der Waals surface area contributed by atoms with E-state index in [1.807, 2.05) is 26.0 Å². The van der Waals surface area contributed by atoms with Gasteiger partial charge in [-0.15, -0.1) is 0 Å². The van der Waals surface area contributed by atoms with Crippen LogP contribution in [0.25, 0.3) is 0 Å². The number of amides is 1. The number of alkyl halides is 3. The average Bonchev–Trinajstić information content (AvgIpc) is 3.05. The smallest absolute Gasteiger partial charge is 0.422 e. The van der Waals surface area contributed by atoms with E-state index in [-0.39, 0.29) is 24.3 Å². The molecule has 0 fully saturated rings. The molecule has 0 unspecified atom stereocenters. The monoisotopic (exact) mass is 682 g/mol. The van der Waals surface area contributed by atoms with Crippen LogP contribution in [0.5, 0.6) is 11.5 Å². The summed E-state index contributed by atoms with van der Waals surface area (Å²) in [6.07, 6.45) is 15.4. The molecule has 47 heavy (non-hydrogen) atoms. The molecule has 1 atom stereocenters. The second-order valence-electron chi connectivity index (χ2n) is 11.9. The Labute approximate surface area is 279 Å². The molecule has 0 aliphatic rings. The van der Waals surface area contributed by atoms with E-state index < -0.39 is 20.2 Å². The zero-order valence-electron chi connectivity index (χ0n) is 28.4. The molecule has 1 aromatic carbocycles. The molecule has 7 nitrogen and oxygen atoms in total. The van der Waals surface area contributed by atoms with Gasteiger partial charge in [-0.1, -0.05) is 97.1 Å². The first-order valence-electron chi connectivity index (χ1n) is 17.1. The van der Waals surface area contributed by atoms with Crippen LogP contribution in [0.4, 0.5) is 13.2 Å². The van der Waals surface area contributed by atoms with Crippen LogP contribution in [0.15, 0.2) is 54.9 Å². The molecule has 0 radical (unpaired) electrons. The number of rotatable bonds is 25. The van der Waals surface area contributed by atoms with Gasteiger partial charge in [-0.05, 0) is 42.7 Å². The maximum atomic E-state index is 12.8. The number of carbonyl (C=O) groups excluding carboxylic acids is 1. The molecule has 0 aliphatic carbocycles. The fraction of sp³-hybridized carbons (Fsp3) is 0.611. The van der Waals surface area contributed by atoms with Crippen molar-refractivity contribution in [3.05, 3.63) is 66.2 Å². The van der Waals surface area contributed by atoms with Crippen LogP contribution in [0.1, 0.15) is 109 Å². The number of aromatic nitrogens is 1. The number of benzene rings is 1. The number of carbonyl (C=O) groups is 1. The first kappa shape index (κ1) is 40.2. The molecule has 0 saturated carbocycles. The summed E-state index contributed by atoms with van der Waals surface area (Å²) in [6, 6.07) is 9.75. The van der Waals surface area contributed by atoms with Crippen molar-refractivity contribution in [2.45, 2.75) is 123 Å². The lowest BCUT2D eigenvalue weighted by atomic mass is 10.0. The van der Waals surface area contributed by atoms with Crippen molar-refractivity contribution in [1.82, 2.24) is 10.3 Å². The maximum absolute atomic E-state index is 12.8. The van der Waals surface area contributed by atoms with E-state index in [2.05, 4.69) is 17.2 Å². The first-order valence-corrected chi connectivity index (χ1v) is 19.1. The van der Waals surface area contributed by atoms with E-state index in [0.717, 1.165) is 24.8 Å². The Morgan fingerprint density at radius 3 is 2.09 bits per heavy atom. The van der Waals surface area contributed by atoms with Crippen LogP contribution in [-0.4, -0.2) is 42.0 Å². The molecule has 0 aliphatic heterocycles. The Bertz CT molecular complexity index is 1220. The van der Waals surface area contributed by atoms with E-state index in [4.69, 9.17) is 14.0 Å². The first-order chi connectivity index (χ1) is 22.6. The number of ether oxygens (including phenoxy) is 2. The second-order valence-corrected chi connectivity index (χ2v) is 15.0. The van der Waals surface area contributed by atoms with Gasteiger partial charge in [0.15, 0.2) is 6.61 Å². The third-order valence-electron chi connectivity index (χ3n) is 7.84. The van der Waals surface area contributed by atoms with Crippen molar-refractivity contribution in [1.29, 1.82) is 0 Å². The maximum Gasteiger partial charge on any atom is 0.422 e. The van der Waals surface area contributed by atoms with Gasteiger partial charge in [0.05, 0.1) is 18.0 Å². The van der Waals surface area contributed by atoms with E-state index >= 15 is 0 Å². The summed E-state index contributed by atoms with van der Waals surface area (Å²) >= 11 is 0. The minimum atomic E-state index is -4.42. The predicted octanol–water partition coefficient (Wildman–Crippen LogP) is 10.2. The fourth-order valence-electron chi connectivity index (χ4n) is 4.93. The number of nitrogens with zero attached hydrogens (tertiary/aromatic N) is 1. The standard InChI is InChI=1S/C36H54F3N2O5P/c1-4-7-8-9-10-11-12-13-14-15-16-17-35(42)41-31(23-25-46-47(43,5-2)6-3)26-30-18-20-33(21-19-30)44-28-32-27-34(22-24-40-32)45-29-36(37,38)39/h18-25,27,31H,4-17,26,28-29H2,1-3H3,(H,41,42)/b25-23+/t31-/m1/s1. The number of nitrogens with one attached hydrogen (secondary N) is 1. The zero-order valence-corrected chi connectivity index (χ0v) is 29.3. The van der Waals surface area contributed by atoms with Crippen LogP contribution in [0.2, 0.25) is 0 Å². The van der Waals surface area contributed by atoms with E-state index in [0.29, 0.717) is 36.6 Å². The van der Waals surface area contributed by atoms with Crippen LogP contribution in [-0.2, 0) is 26.9 Å². The van der Waals surface area contributed by atoms with Gasteiger partial charge in [0.1, 0.15) is 18.1 Å². The molecule has 0 spiro atoms. The average molecular weight is 683 g/mol. The number of hydrogen-bond donors (Lipinski definition) is 1. The Hall–Kier alpha value is -3.00. The molecule has 1 heterocycles. The number of halogens is 3. The van der Waals surface area contributed by atoms with Gasteiger partial charge in [0.2, 0.25) is 13.3 Å². The van der Waals surface area contributed by atoms with E-state index in [9.17, 15) is 22.5 Å². The highest BCUT2D eigenvalue weighted by molar-refractivity contribution is 7.58. The molecule has 264 valence electrons. The second kappa shape index (κ2) is 22.5. The lowest BCUT2D eigenvalue weighted by molar-refractivity contribution is -0.153. The van der Waals surface area contributed by atoms with E-state index in [1.165, 1.54) is 76.0 Å². The summed E-state index contributed by atoms with van der Waals surface area (Å²) < 4.78 is 66.2. The van der Waals surface area contributed by atoms with Crippen LogP contribution in [0, 0.1) is 0 Å². The quantitative estimate of drug-likeness (QED) is 0.0637. The zero-order chi connectivity index (χ0) is 34.4. The van der Waals surface area contributed by atoms with Crippen molar-refractivity contribution in [3.8, 4) is 11.5 Å². The summed E-state index contributed by atoms with van der Waals surface area (Å²) in [7, 11) is -2.73. The summed E-state index contributed by atoms with van der Waals surface area (Å²) in [5.74, 6) is 0.590. The van der Waals surface area contributed by atoms with Crippen molar-refractivity contribution in [2.75, 3.05) is 18.9 Å². The lowest BCUT2D eigenvalue weighted by Gasteiger charge is -2.17. The summed E-state index contributed by atoms with van der Waals surface area (Å²) in [5.41, 5.74) is 1.37. The van der Waals surface area contributed by atoms with Gasteiger partial charge in [-0.25, -0.2) is 0 Å². The van der Waals surface area contributed by atoms with E-state index in [1.54, 1.807) is 18.2 Å². The third kappa shape index (κ3) is 18.8. The summed E-state index contributed by atoms with van der Waals surface area (Å²) in [4.78, 5) is 17.0. The van der Waals surface area contributed by atoms with Gasteiger partial charge in [-0.2, -0.15) is 13.2 Å². The number of pyridine rings is 1. The SMILES string of the molecule is CCCCCCCCCCCCCC(=O)N[C@H](/C=C/OP(=O)(CC)CC)Cc1ccc(OCc2cc(OCC(F)(F)F)ccn2)cc1. The topological polar surface area (TPSA) is 86.8 Å². The van der Waals surface area contributed by atoms with Crippen molar-refractivity contribution >= 4 is 13.3 Å². The molecule has 1 N–H and O–H groups in total. The molecule has 1 aromatic heterocycles. The third-order valence-corrected chi connectivity index (χ3v) is 10.3. The summed E-state index contributed by atoms with van der Waals surface area (Å²) in [5, 5.41) is 3.09. The van der Waals surface area contributed by atoms with Crippen molar-refractivity contribution in [2.24, 2.45) is 0 Å². The largest absolute Gasteiger partial charge is 0.487 e. The molecular weight excluding hydrogens is 628 g/mol. The van der Waals surface area contributed by atoms with Crippen LogP contribution < -0.4 is 14.8 Å². The molecule has 0 saturated heterocycles. The molecule has 1 amide bonds. The van der Waals surface area contributed by atoms with Crippen molar-refractivity contribution < 1.29 is 36.5 Å². The van der Waals surface area contributed by atoms with Gasteiger partial charge in [-0.3, -0.25) is 14.3 Å². The van der Waals surface area contributed by atoms with Crippen LogP contribution >= 0.6 is 7.37 Å². The fourth-order valence-corrected chi connectivity index (χ4v) is 5.97. The Balaban J connectivity index is 1.86. The number of hydrogen-bond acceptors (Lipinski definition) is 6. The van der Waals surface area contributed by atoms with Crippen LogP contribution in [0.3, 0.4) is 0 Å². The van der Waals surface area contributed by atoms with Gasteiger partial charge in [0.25, 0.3) is 0 Å². The highest BCUT2D eigenvalue weighted by Crippen LogP contribution is 2.46. The molecule has 0 bridgehead atoms. The van der Waals surface area contributed by atoms with Gasteiger partial charge < -0.3 is 19.3 Å². The molecular formula is C36H54F3N2O5P. The minimum absolute atomic E-state index is 0.0290. The summed E-state index contributed by atoms with van der Waals surface area (Å²) in [6.45, 7) is 4.58. The lowest BCUT2D eigenvalue weighted by Crippen LogP contribution is -2.34. The van der Waals surface area contributed by atoms with Gasteiger partial charge in [0, 0.05) is 31.0 Å². The van der Waals surface area contributed by atoms with Gasteiger partial charge >= 0.3 is 6.18 Å². The van der Waals surface area contributed by atoms with Crippen molar-refractivity contribution in [3.63, 3.8) is 0 Å². The highest BCUT2D eigenvalue weighted by Gasteiger charge is 2.28. The molecule has 2 aromatic rings. The molecule has 11 heteroatoms.